The summed E-state index contributed by atoms with van der Waals surface area (Å²) in [6.45, 7) is -0.423. The van der Waals surface area contributed by atoms with Crippen LogP contribution in [0.25, 0.3) is 0 Å². The van der Waals surface area contributed by atoms with Gasteiger partial charge in [-0.3, -0.25) is 13.8 Å². The SMILES string of the molecule is COCCOC(=O)CC(CC(=O)OCCOC)(OS(C)(=O)=O)C(=O)OCCOC. The zero-order chi connectivity index (χ0) is 22.3. The Bertz CT molecular complexity index is 591. The molecule has 0 rings (SSSR count). The lowest BCUT2D eigenvalue weighted by Crippen LogP contribution is -2.48. The lowest BCUT2D eigenvalue weighted by molar-refractivity contribution is -0.175. The van der Waals surface area contributed by atoms with Gasteiger partial charge in [-0.15, -0.1) is 0 Å². The predicted octanol–water partition coefficient (Wildman–Crippen LogP) is -0.950. The normalized spacial score (nSPS) is 11.7. The Balaban J connectivity index is 5.63. The van der Waals surface area contributed by atoms with Crippen molar-refractivity contribution < 1.29 is 55.4 Å². The maximum atomic E-state index is 12.6. The van der Waals surface area contributed by atoms with Gasteiger partial charge in [-0.2, -0.15) is 8.42 Å². The number of carbonyl (C=O) groups excluding carboxylic acids is 3. The molecule has 0 aromatic rings. The summed E-state index contributed by atoms with van der Waals surface area (Å²) in [6.07, 6.45) is -1.15. The first-order valence-corrected chi connectivity index (χ1v) is 10.3. The van der Waals surface area contributed by atoms with Gasteiger partial charge in [0.1, 0.15) is 19.8 Å². The Kier molecular flexibility index (Phi) is 13.3. The van der Waals surface area contributed by atoms with Gasteiger partial charge < -0.3 is 28.4 Å². The van der Waals surface area contributed by atoms with Crippen molar-refractivity contribution in [2.75, 3.05) is 67.2 Å². The largest absolute Gasteiger partial charge is 0.463 e. The van der Waals surface area contributed by atoms with Crippen LogP contribution >= 0.6 is 0 Å². The minimum absolute atomic E-state index is 0.00271. The van der Waals surface area contributed by atoms with E-state index in [0.29, 0.717) is 6.26 Å². The maximum absolute atomic E-state index is 12.6. The lowest BCUT2D eigenvalue weighted by Gasteiger charge is -2.28. The lowest BCUT2D eigenvalue weighted by atomic mass is 9.95. The van der Waals surface area contributed by atoms with Crippen molar-refractivity contribution >= 4 is 28.0 Å². The quantitative estimate of drug-likeness (QED) is 0.125. The average molecular weight is 444 g/mol. The van der Waals surface area contributed by atoms with Crippen LogP contribution in [0.2, 0.25) is 0 Å². The van der Waals surface area contributed by atoms with Gasteiger partial charge in [0.2, 0.25) is 5.60 Å². The van der Waals surface area contributed by atoms with Gasteiger partial charge >= 0.3 is 17.9 Å². The van der Waals surface area contributed by atoms with Crippen LogP contribution < -0.4 is 0 Å². The van der Waals surface area contributed by atoms with Gasteiger partial charge in [0, 0.05) is 21.3 Å². The molecule has 0 N–H and O–H groups in total. The molecule has 0 bridgehead atoms. The molecule has 0 saturated carbocycles. The van der Waals surface area contributed by atoms with Crippen LogP contribution in [0.4, 0.5) is 0 Å². The van der Waals surface area contributed by atoms with Crippen LogP contribution in [0.1, 0.15) is 12.8 Å². The Morgan fingerprint density at radius 1 is 0.690 bits per heavy atom. The van der Waals surface area contributed by atoms with E-state index in [0.717, 1.165) is 0 Å². The van der Waals surface area contributed by atoms with E-state index in [1.54, 1.807) is 0 Å². The molecule has 0 radical (unpaired) electrons. The van der Waals surface area contributed by atoms with Crippen molar-refractivity contribution in [3.05, 3.63) is 0 Å². The van der Waals surface area contributed by atoms with Gasteiger partial charge in [-0.1, -0.05) is 0 Å². The molecule has 0 spiro atoms. The van der Waals surface area contributed by atoms with Crippen molar-refractivity contribution in [2.24, 2.45) is 0 Å². The van der Waals surface area contributed by atoms with Gasteiger partial charge in [0.25, 0.3) is 10.1 Å². The van der Waals surface area contributed by atoms with Crippen molar-refractivity contribution in [3.63, 3.8) is 0 Å². The van der Waals surface area contributed by atoms with E-state index in [2.05, 4.69) is 0 Å². The second-order valence-electron chi connectivity index (χ2n) is 5.69. The fourth-order valence-electron chi connectivity index (χ4n) is 1.98. The second kappa shape index (κ2) is 14.2. The molecular weight excluding hydrogens is 416 g/mol. The molecule has 0 aliphatic rings. The number of hydrogen-bond donors (Lipinski definition) is 0. The standard InChI is InChI=1S/C16H28O12S/c1-22-5-8-25-13(17)11-16(28-29(4,20)21,15(19)27-10-7-24-3)12-14(18)26-9-6-23-2/h5-12H2,1-4H3. The first-order valence-electron chi connectivity index (χ1n) is 8.46. The van der Waals surface area contributed by atoms with E-state index >= 15 is 0 Å². The summed E-state index contributed by atoms with van der Waals surface area (Å²) >= 11 is 0. The Morgan fingerprint density at radius 2 is 1.07 bits per heavy atom. The number of esters is 3. The van der Waals surface area contributed by atoms with Gasteiger partial charge in [0.05, 0.1) is 38.9 Å². The molecule has 0 aliphatic carbocycles. The van der Waals surface area contributed by atoms with Crippen molar-refractivity contribution in [2.45, 2.75) is 18.4 Å². The molecule has 0 heterocycles. The van der Waals surface area contributed by atoms with Crippen LogP contribution in [-0.2, 0) is 57.1 Å². The highest BCUT2D eigenvalue weighted by molar-refractivity contribution is 7.86. The topological polar surface area (TPSA) is 150 Å². The summed E-state index contributed by atoms with van der Waals surface area (Å²) in [5, 5.41) is 0. The van der Waals surface area contributed by atoms with E-state index in [1.165, 1.54) is 21.3 Å². The third kappa shape index (κ3) is 12.4. The average Bonchev–Trinajstić information content (AvgIpc) is 2.60. The zero-order valence-corrected chi connectivity index (χ0v) is 17.8. The predicted molar refractivity (Wildman–Crippen MR) is 96.4 cm³/mol. The van der Waals surface area contributed by atoms with Crippen LogP contribution in [0.3, 0.4) is 0 Å². The Labute approximate surface area is 169 Å². The number of carbonyl (C=O) groups is 3. The fraction of sp³-hybridized carbons (Fsp3) is 0.812. The van der Waals surface area contributed by atoms with Crippen molar-refractivity contribution in [1.82, 2.24) is 0 Å². The Morgan fingerprint density at radius 3 is 1.41 bits per heavy atom. The molecule has 0 saturated heterocycles. The molecule has 170 valence electrons. The highest BCUT2D eigenvalue weighted by atomic mass is 32.2. The number of ether oxygens (including phenoxy) is 6. The highest BCUT2D eigenvalue weighted by Crippen LogP contribution is 2.27. The minimum Gasteiger partial charge on any atom is -0.463 e. The summed E-state index contributed by atoms with van der Waals surface area (Å²) in [5.41, 5.74) is -2.50. The monoisotopic (exact) mass is 444 g/mol. The van der Waals surface area contributed by atoms with Gasteiger partial charge in [0.15, 0.2) is 0 Å². The molecular formula is C16H28O12S. The van der Waals surface area contributed by atoms with Gasteiger partial charge in [-0.25, -0.2) is 4.79 Å². The second-order valence-corrected chi connectivity index (χ2v) is 7.27. The third-order valence-corrected chi connectivity index (χ3v) is 3.79. The minimum atomic E-state index is -4.30. The van der Waals surface area contributed by atoms with Crippen LogP contribution in [0.5, 0.6) is 0 Å². The summed E-state index contributed by atoms with van der Waals surface area (Å²) in [6, 6.07) is 0. The molecule has 0 aliphatic heterocycles. The molecule has 0 unspecified atom stereocenters. The molecule has 0 fully saturated rings. The van der Waals surface area contributed by atoms with Crippen LogP contribution in [0.15, 0.2) is 0 Å². The Hall–Kier alpha value is -1.80. The first kappa shape index (κ1) is 27.2. The number of hydrogen-bond acceptors (Lipinski definition) is 12. The van der Waals surface area contributed by atoms with E-state index in [4.69, 9.17) is 32.6 Å². The first-order chi connectivity index (χ1) is 13.6. The summed E-state index contributed by atoms with van der Waals surface area (Å²) < 4.78 is 57.3. The fourth-order valence-corrected chi connectivity index (χ4v) is 2.75. The summed E-state index contributed by atoms with van der Waals surface area (Å²) in [4.78, 5) is 36.9. The smallest absolute Gasteiger partial charge is 0.341 e. The molecule has 12 nitrogen and oxygen atoms in total. The number of methoxy groups -OCH3 is 3. The van der Waals surface area contributed by atoms with E-state index in [1.807, 2.05) is 0 Å². The highest BCUT2D eigenvalue weighted by Gasteiger charge is 2.49. The summed E-state index contributed by atoms with van der Waals surface area (Å²) in [5.74, 6) is -3.26. The molecule has 0 aromatic heterocycles. The molecule has 0 atom stereocenters. The van der Waals surface area contributed by atoms with E-state index < -0.39 is 46.5 Å². The van der Waals surface area contributed by atoms with Crippen LogP contribution in [-0.4, -0.2) is 99.2 Å². The van der Waals surface area contributed by atoms with E-state index in [9.17, 15) is 22.8 Å². The zero-order valence-electron chi connectivity index (χ0n) is 17.0. The maximum Gasteiger partial charge on any atom is 0.341 e. The third-order valence-electron chi connectivity index (χ3n) is 3.16. The molecule has 0 amide bonds. The van der Waals surface area contributed by atoms with Crippen LogP contribution in [0, 0.1) is 0 Å². The summed E-state index contributed by atoms with van der Waals surface area (Å²) in [7, 11) is -0.174. The van der Waals surface area contributed by atoms with Crippen molar-refractivity contribution in [1.29, 1.82) is 0 Å². The van der Waals surface area contributed by atoms with E-state index in [-0.39, 0.29) is 39.6 Å². The number of rotatable bonds is 16. The molecule has 13 heteroatoms. The van der Waals surface area contributed by atoms with Crippen molar-refractivity contribution in [3.8, 4) is 0 Å². The van der Waals surface area contributed by atoms with Gasteiger partial charge in [-0.05, 0) is 0 Å². The molecule has 29 heavy (non-hydrogen) atoms. The molecule has 0 aromatic carbocycles.